The summed E-state index contributed by atoms with van der Waals surface area (Å²) in [5, 5.41) is 0. The Morgan fingerprint density at radius 1 is 0.259 bits per heavy atom. The first-order chi connectivity index (χ1) is 40.0. The predicted molar refractivity (Wildman–Crippen MR) is 353 cm³/mol. The van der Waals surface area contributed by atoms with Crippen molar-refractivity contribution in [3.8, 4) is 0 Å². The maximum Gasteiger partial charge on any atom is 0.306 e. The van der Waals surface area contributed by atoms with E-state index in [-0.39, 0.29) is 37.5 Å². The Bertz CT molecular complexity index is 1670. The lowest BCUT2D eigenvalue weighted by Crippen LogP contribution is -2.30. The van der Waals surface area contributed by atoms with Crippen LogP contribution in [0.4, 0.5) is 0 Å². The molecule has 1 unspecified atom stereocenters. The molecule has 1 atom stereocenters. The third-order valence-corrected chi connectivity index (χ3v) is 14.4. The Hall–Kier alpha value is -4.19. The molecule has 6 heteroatoms. The molecule has 0 aromatic carbocycles. The molecule has 81 heavy (non-hydrogen) atoms. The van der Waals surface area contributed by atoms with E-state index in [0.29, 0.717) is 19.3 Å². The zero-order chi connectivity index (χ0) is 58.5. The summed E-state index contributed by atoms with van der Waals surface area (Å²) in [6, 6.07) is 0. The van der Waals surface area contributed by atoms with Crippen LogP contribution < -0.4 is 0 Å². The van der Waals surface area contributed by atoms with E-state index in [9.17, 15) is 14.4 Å². The summed E-state index contributed by atoms with van der Waals surface area (Å²) >= 11 is 0. The first kappa shape index (κ1) is 76.8. The fourth-order valence-electron chi connectivity index (χ4n) is 9.34. The minimum absolute atomic E-state index is 0.105. The number of ether oxygens (including phenoxy) is 3. The average Bonchev–Trinajstić information content (AvgIpc) is 3.47. The SMILES string of the molecule is CC/C=C\C/C=C\C/C=C\C/C=C\C/C=C\C/C=C\C/C=C\CCCC(=O)OC(COC(=O)CCCCCCC/C=C\CCCCCCCC)COC(=O)CCCCCCCCCCCCCCC/C=C\C/C=C\CCCCCCC. The first-order valence-corrected chi connectivity index (χ1v) is 34.0. The van der Waals surface area contributed by atoms with Gasteiger partial charge in [0.1, 0.15) is 13.2 Å². The maximum atomic E-state index is 12.9. The Morgan fingerprint density at radius 2 is 0.494 bits per heavy atom. The van der Waals surface area contributed by atoms with Gasteiger partial charge in [-0.05, 0) is 128 Å². The summed E-state index contributed by atoms with van der Waals surface area (Å²) < 4.78 is 16.9. The van der Waals surface area contributed by atoms with Crippen LogP contribution in [0, 0.1) is 0 Å². The summed E-state index contributed by atoms with van der Waals surface area (Å²) in [4.78, 5) is 38.4. The second-order valence-corrected chi connectivity index (χ2v) is 22.3. The molecule has 0 aromatic heterocycles. The average molecular weight is 1120 g/mol. The second-order valence-electron chi connectivity index (χ2n) is 22.3. The molecule has 0 saturated carbocycles. The summed E-state index contributed by atoms with van der Waals surface area (Å²) in [6.45, 7) is 6.48. The number of rotatable bonds is 61. The minimum Gasteiger partial charge on any atom is -0.462 e. The summed E-state index contributed by atoms with van der Waals surface area (Å²) in [5.74, 6) is -0.967. The number of esters is 3. The van der Waals surface area contributed by atoms with Crippen LogP contribution in [0.1, 0.15) is 316 Å². The topological polar surface area (TPSA) is 78.9 Å². The van der Waals surface area contributed by atoms with E-state index in [4.69, 9.17) is 14.2 Å². The zero-order valence-electron chi connectivity index (χ0n) is 53.0. The van der Waals surface area contributed by atoms with Gasteiger partial charge in [0.2, 0.25) is 0 Å². The smallest absolute Gasteiger partial charge is 0.306 e. The molecule has 0 aliphatic carbocycles. The third kappa shape index (κ3) is 66.5. The van der Waals surface area contributed by atoms with Crippen LogP contribution >= 0.6 is 0 Å². The highest BCUT2D eigenvalue weighted by Crippen LogP contribution is 2.16. The van der Waals surface area contributed by atoms with E-state index < -0.39 is 6.10 Å². The Morgan fingerprint density at radius 3 is 0.802 bits per heavy atom. The highest BCUT2D eigenvalue weighted by Gasteiger charge is 2.19. The number of allylic oxidation sites excluding steroid dienone is 20. The van der Waals surface area contributed by atoms with Gasteiger partial charge < -0.3 is 14.2 Å². The number of hydrogen-bond donors (Lipinski definition) is 0. The van der Waals surface area contributed by atoms with E-state index in [1.54, 1.807) is 0 Å². The van der Waals surface area contributed by atoms with Crippen molar-refractivity contribution in [1.82, 2.24) is 0 Å². The molecular weight excluding hydrogens is 997 g/mol. The quantitative estimate of drug-likeness (QED) is 0.0261. The monoisotopic (exact) mass is 1120 g/mol. The highest BCUT2D eigenvalue weighted by atomic mass is 16.6. The second kappa shape index (κ2) is 68.3. The molecule has 0 saturated heterocycles. The third-order valence-electron chi connectivity index (χ3n) is 14.4. The van der Waals surface area contributed by atoms with Gasteiger partial charge in [-0.25, -0.2) is 0 Å². The Balaban J connectivity index is 4.44. The van der Waals surface area contributed by atoms with Gasteiger partial charge in [0, 0.05) is 19.3 Å². The maximum absolute atomic E-state index is 12.9. The van der Waals surface area contributed by atoms with Crippen molar-refractivity contribution in [2.24, 2.45) is 0 Å². The molecule has 0 aromatic rings. The molecule has 0 amide bonds. The fourth-order valence-corrected chi connectivity index (χ4v) is 9.34. The predicted octanol–water partition coefficient (Wildman–Crippen LogP) is 23.6. The zero-order valence-corrected chi connectivity index (χ0v) is 53.0. The van der Waals surface area contributed by atoms with Crippen LogP contribution in [0.5, 0.6) is 0 Å². The van der Waals surface area contributed by atoms with Crippen molar-refractivity contribution < 1.29 is 28.6 Å². The molecule has 0 spiro atoms. The standard InChI is InChI=1S/C75H126O6/c1-4-7-10-13-16-19-22-25-28-30-32-34-36-37-39-40-42-44-47-50-53-56-59-62-65-68-74(77)80-71-72(70-79-73(76)67-64-61-58-55-52-49-46-27-24-21-18-15-12-9-6-3)81-75(78)69-66-63-60-57-54-51-48-45-43-41-38-35-33-31-29-26-23-20-17-14-11-8-5-2/h8,11,17,20,22,25-27,29-30,32-33,35,41,43,46,48,51,57,60,72H,4-7,9-10,12-16,18-19,21,23-24,28,31,34,36-40,42,44-45,47,49-50,52-56,58-59,61-71H2,1-3H3/b11-8-,20-17-,25-22-,29-26-,32-30-,35-33-,43-41-,46-27-,51-48-,60-57-. The Kier molecular flexibility index (Phi) is 64.8. The van der Waals surface area contributed by atoms with Crippen molar-refractivity contribution in [2.45, 2.75) is 322 Å². The van der Waals surface area contributed by atoms with Gasteiger partial charge in [-0.2, -0.15) is 0 Å². The van der Waals surface area contributed by atoms with E-state index in [1.807, 2.05) is 0 Å². The van der Waals surface area contributed by atoms with Crippen molar-refractivity contribution in [2.75, 3.05) is 13.2 Å². The molecule has 0 heterocycles. The highest BCUT2D eigenvalue weighted by molar-refractivity contribution is 5.71. The van der Waals surface area contributed by atoms with E-state index in [1.165, 1.54) is 161 Å². The van der Waals surface area contributed by atoms with Crippen molar-refractivity contribution in [3.05, 3.63) is 122 Å². The molecular formula is C75H126O6. The summed E-state index contributed by atoms with van der Waals surface area (Å²) in [5.41, 5.74) is 0. The van der Waals surface area contributed by atoms with E-state index >= 15 is 0 Å². The van der Waals surface area contributed by atoms with E-state index in [0.717, 1.165) is 109 Å². The Labute approximate surface area is 501 Å². The molecule has 0 aliphatic rings. The molecule has 0 rings (SSSR count). The fraction of sp³-hybridized carbons (Fsp3) is 0.693. The van der Waals surface area contributed by atoms with Crippen LogP contribution in [0.3, 0.4) is 0 Å². The lowest BCUT2D eigenvalue weighted by atomic mass is 10.0. The van der Waals surface area contributed by atoms with Crippen LogP contribution in [-0.4, -0.2) is 37.2 Å². The normalized spacial score (nSPS) is 12.9. The number of carbonyl (C=O) groups excluding carboxylic acids is 3. The number of carbonyl (C=O) groups is 3. The molecule has 0 fully saturated rings. The molecule has 0 bridgehead atoms. The van der Waals surface area contributed by atoms with Gasteiger partial charge >= 0.3 is 17.9 Å². The van der Waals surface area contributed by atoms with Gasteiger partial charge in [0.25, 0.3) is 0 Å². The summed E-state index contributed by atoms with van der Waals surface area (Å²) in [6.07, 6.45) is 95.0. The lowest BCUT2D eigenvalue weighted by molar-refractivity contribution is -0.167. The van der Waals surface area contributed by atoms with Crippen LogP contribution in [-0.2, 0) is 28.6 Å². The van der Waals surface area contributed by atoms with Gasteiger partial charge in [0.15, 0.2) is 6.10 Å². The summed E-state index contributed by atoms with van der Waals surface area (Å²) in [7, 11) is 0. The molecule has 0 N–H and O–H groups in total. The molecule has 0 radical (unpaired) electrons. The van der Waals surface area contributed by atoms with Gasteiger partial charge in [-0.15, -0.1) is 0 Å². The van der Waals surface area contributed by atoms with Crippen molar-refractivity contribution >= 4 is 17.9 Å². The van der Waals surface area contributed by atoms with E-state index in [2.05, 4.69) is 142 Å². The number of unbranched alkanes of at least 4 members (excludes halogenated alkanes) is 30. The van der Waals surface area contributed by atoms with Crippen LogP contribution in [0.2, 0.25) is 0 Å². The largest absolute Gasteiger partial charge is 0.462 e. The molecule has 462 valence electrons. The van der Waals surface area contributed by atoms with Crippen LogP contribution in [0.15, 0.2) is 122 Å². The van der Waals surface area contributed by atoms with Gasteiger partial charge in [-0.3, -0.25) is 14.4 Å². The number of hydrogen-bond acceptors (Lipinski definition) is 6. The van der Waals surface area contributed by atoms with Crippen molar-refractivity contribution in [1.29, 1.82) is 0 Å². The molecule has 0 aliphatic heterocycles. The first-order valence-electron chi connectivity index (χ1n) is 34.0. The van der Waals surface area contributed by atoms with Gasteiger partial charge in [-0.1, -0.05) is 290 Å². The lowest BCUT2D eigenvalue weighted by Gasteiger charge is -2.18. The van der Waals surface area contributed by atoms with Gasteiger partial charge in [0.05, 0.1) is 0 Å². The molecule has 6 nitrogen and oxygen atoms in total. The minimum atomic E-state index is -0.817. The van der Waals surface area contributed by atoms with Crippen molar-refractivity contribution in [3.63, 3.8) is 0 Å². The van der Waals surface area contributed by atoms with Crippen LogP contribution in [0.25, 0.3) is 0 Å².